The Morgan fingerprint density at radius 2 is 2.31 bits per heavy atom. The van der Waals surface area contributed by atoms with E-state index >= 15 is 0 Å². The van der Waals surface area contributed by atoms with Crippen molar-refractivity contribution in [3.8, 4) is 0 Å². The zero-order valence-corrected chi connectivity index (χ0v) is 11.4. The van der Waals surface area contributed by atoms with Crippen LogP contribution in [0.5, 0.6) is 0 Å². The zero-order chi connectivity index (χ0) is 11.7. The molecule has 0 saturated carbocycles. The van der Waals surface area contributed by atoms with Gasteiger partial charge in [-0.1, -0.05) is 24.6 Å². The first kappa shape index (κ1) is 11.9. The quantitative estimate of drug-likeness (QED) is 0.776. The van der Waals surface area contributed by atoms with Crippen LogP contribution in [0.1, 0.15) is 23.7 Å². The van der Waals surface area contributed by atoms with Gasteiger partial charge in [0.2, 0.25) is 0 Å². The summed E-state index contributed by atoms with van der Waals surface area (Å²) in [6.45, 7) is 3.83. The van der Waals surface area contributed by atoms with Gasteiger partial charge in [-0.25, -0.2) is 0 Å². The van der Waals surface area contributed by atoms with Gasteiger partial charge in [-0.15, -0.1) is 0 Å². The summed E-state index contributed by atoms with van der Waals surface area (Å²) < 4.78 is 0.771. The molecule has 1 unspecified atom stereocenters. The van der Waals surface area contributed by atoms with Crippen molar-refractivity contribution < 1.29 is 4.79 Å². The molecule has 2 nitrogen and oxygen atoms in total. The Bertz CT molecular complexity index is 421. The summed E-state index contributed by atoms with van der Waals surface area (Å²) in [7, 11) is 0. The van der Waals surface area contributed by atoms with Crippen molar-refractivity contribution in [2.24, 2.45) is 5.92 Å². The summed E-state index contributed by atoms with van der Waals surface area (Å²) in [6, 6.07) is 5.45. The summed E-state index contributed by atoms with van der Waals surface area (Å²) in [4.78, 5) is 14.1. The van der Waals surface area contributed by atoms with Gasteiger partial charge in [0.1, 0.15) is 0 Å². The van der Waals surface area contributed by atoms with Crippen LogP contribution in [0.2, 0.25) is 5.02 Å². The average Bonchev–Trinajstić information content (AvgIpc) is 2.68. The molecule has 1 heterocycles. The molecule has 2 rings (SSSR count). The number of nitrogens with zero attached hydrogens (tertiary/aromatic N) is 1. The summed E-state index contributed by atoms with van der Waals surface area (Å²) in [5, 5.41) is 0.507. The Hall–Kier alpha value is -0.540. The fourth-order valence-corrected chi connectivity index (χ4v) is 2.53. The molecule has 1 aromatic carbocycles. The van der Waals surface area contributed by atoms with E-state index in [1.165, 1.54) is 0 Å². The van der Waals surface area contributed by atoms with Crippen molar-refractivity contribution in [1.82, 2.24) is 4.90 Å². The zero-order valence-electron chi connectivity index (χ0n) is 9.04. The van der Waals surface area contributed by atoms with E-state index in [4.69, 9.17) is 11.6 Å². The molecular formula is C12H13BrClNO. The van der Waals surface area contributed by atoms with Crippen molar-refractivity contribution in [3.05, 3.63) is 33.3 Å². The molecule has 1 amide bonds. The van der Waals surface area contributed by atoms with Crippen molar-refractivity contribution in [2.75, 3.05) is 13.1 Å². The second-order valence-electron chi connectivity index (χ2n) is 4.25. The van der Waals surface area contributed by atoms with Crippen LogP contribution in [0.25, 0.3) is 0 Å². The molecular weight excluding hydrogens is 289 g/mol. The lowest BCUT2D eigenvalue weighted by atomic mass is 10.2. The summed E-state index contributed by atoms with van der Waals surface area (Å²) in [5.41, 5.74) is 0.588. The van der Waals surface area contributed by atoms with Crippen molar-refractivity contribution in [2.45, 2.75) is 13.3 Å². The van der Waals surface area contributed by atoms with E-state index in [1.807, 2.05) is 17.0 Å². The number of carbonyl (C=O) groups excluding carboxylic acids is 1. The number of benzene rings is 1. The maximum atomic E-state index is 12.2. The van der Waals surface area contributed by atoms with E-state index < -0.39 is 0 Å². The molecule has 1 aromatic rings. The molecule has 1 aliphatic rings. The standard InChI is InChI=1S/C12H13BrClNO/c1-8-5-6-15(7-8)12(16)9-3-2-4-10(13)11(9)14/h2-4,8H,5-7H2,1H3. The number of carbonyl (C=O) groups is 1. The SMILES string of the molecule is CC1CCN(C(=O)c2cccc(Br)c2Cl)C1. The Balaban J connectivity index is 2.24. The number of likely N-dealkylation sites (tertiary alicyclic amines) is 1. The lowest BCUT2D eigenvalue weighted by molar-refractivity contribution is 0.0788. The molecule has 16 heavy (non-hydrogen) atoms. The maximum Gasteiger partial charge on any atom is 0.255 e. The van der Waals surface area contributed by atoms with Crippen LogP contribution in [0.3, 0.4) is 0 Å². The fraction of sp³-hybridized carbons (Fsp3) is 0.417. The van der Waals surface area contributed by atoms with E-state index in [0.717, 1.165) is 24.0 Å². The molecule has 1 fully saturated rings. The van der Waals surface area contributed by atoms with Gasteiger partial charge in [0.15, 0.2) is 0 Å². The van der Waals surface area contributed by atoms with Gasteiger partial charge in [0, 0.05) is 17.6 Å². The molecule has 1 saturated heterocycles. The second-order valence-corrected chi connectivity index (χ2v) is 5.48. The molecule has 0 radical (unpaired) electrons. The van der Waals surface area contributed by atoms with E-state index in [-0.39, 0.29) is 5.91 Å². The lowest BCUT2D eigenvalue weighted by Crippen LogP contribution is -2.28. The van der Waals surface area contributed by atoms with Crippen LogP contribution < -0.4 is 0 Å². The molecule has 0 spiro atoms. The topological polar surface area (TPSA) is 20.3 Å². The Morgan fingerprint density at radius 1 is 1.56 bits per heavy atom. The number of hydrogen-bond donors (Lipinski definition) is 0. The van der Waals surface area contributed by atoms with Gasteiger partial charge in [-0.05, 0) is 40.4 Å². The first-order valence-corrected chi connectivity index (χ1v) is 6.50. The molecule has 1 atom stereocenters. The monoisotopic (exact) mass is 301 g/mol. The highest BCUT2D eigenvalue weighted by atomic mass is 79.9. The smallest absolute Gasteiger partial charge is 0.255 e. The van der Waals surface area contributed by atoms with Crippen molar-refractivity contribution in [3.63, 3.8) is 0 Å². The summed E-state index contributed by atoms with van der Waals surface area (Å²) in [6.07, 6.45) is 1.08. The summed E-state index contributed by atoms with van der Waals surface area (Å²) >= 11 is 9.44. The van der Waals surface area contributed by atoms with E-state index in [0.29, 0.717) is 16.5 Å². The normalized spacial score (nSPS) is 20.2. The van der Waals surface area contributed by atoms with E-state index in [2.05, 4.69) is 22.9 Å². The molecule has 0 aromatic heterocycles. The van der Waals surface area contributed by atoms with Crippen LogP contribution in [0, 0.1) is 5.92 Å². The Kier molecular flexibility index (Phi) is 3.55. The van der Waals surface area contributed by atoms with Crippen LogP contribution in [-0.4, -0.2) is 23.9 Å². The van der Waals surface area contributed by atoms with Crippen molar-refractivity contribution in [1.29, 1.82) is 0 Å². The first-order chi connectivity index (χ1) is 7.59. The van der Waals surface area contributed by atoms with Gasteiger partial charge in [0.25, 0.3) is 5.91 Å². The van der Waals surface area contributed by atoms with Crippen LogP contribution in [0.4, 0.5) is 0 Å². The minimum atomic E-state index is 0.0376. The van der Waals surface area contributed by atoms with Gasteiger partial charge in [-0.2, -0.15) is 0 Å². The predicted molar refractivity (Wildman–Crippen MR) is 68.8 cm³/mol. The van der Waals surface area contributed by atoms with Gasteiger partial charge in [0.05, 0.1) is 10.6 Å². The Labute approximate surface area is 109 Å². The second kappa shape index (κ2) is 4.76. The summed E-state index contributed by atoms with van der Waals surface area (Å²) in [5.74, 6) is 0.630. The molecule has 86 valence electrons. The van der Waals surface area contributed by atoms with Gasteiger partial charge in [-0.3, -0.25) is 4.79 Å². The van der Waals surface area contributed by atoms with E-state index in [9.17, 15) is 4.79 Å². The average molecular weight is 303 g/mol. The lowest BCUT2D eigenvalue weighted by Gasteiger charge is -2.16. The first-order valence-electron chi connectivity index (χ1n) is 5.33. The van der Waals surface area contributed by atoms with Crippen molar-refractivity contribution >= 4 is 33.4 Å². The highest BCUT2D eigenvalue weighted by molar-refractivity contribution is 9.10. The van der Waals surface area contributed by atoms with Crippen LogP contribution in [0.15, 0.2) is 22.7 Å². The number of halogens is 2. The third-order valence-corrected chi connectivity index (χ3v) is 4.19. The third kappa shape index (κ3) is 2.25. The minimum Gasteiger partial charge on any atom is -0.338 e. The number of amides is 1. The molecule has 1 aliphatic heterocycles. The van der Waals surface area contributed by atoms with Gasteiger partial charge < -0.3 is 4.90 Å². The van der Waals surface area contributed by atoms with Gasteiger partial charge >= 0.3 is 0 Å². The predicted octanol–water partition coefficient (Wildman–Crippen LogP) is 3.58. The Morgan fingerprint density at radius 3 is 2.94 bits per heavy atom. The highest BCUT2D eigenvalue weighted by Crippen LogP contribution is 2.28. The fourth-order valence-electron chi connectivity index (χ4n) is 1.96. The maximum absolute atomic E-state index is 12.2. The number of hydrogen-bond acceptors (Lipinski definition) is 1. The van der Waals surface area contributed by atoms with E-state index in [1.54, 1.807) is 6.07 Å². The minimum absolute atomic E-state index is 0.0376. The molecule has 0 aliphatic carbocycles. The highest BCUT2D eigenvalue weighted by Gasteiger charge is 2.25. The molecule has 0 N–H and O–H groups in total. The molecule has 0 bridgehead atoms. The van der Waals surface area contributed by atoms with Crippen LogP contribution >= 0.6 is 27.5 Å². The molecule has 4 heteroatoms. The largest absolute Gasteiger partial charge is 0.338 e. The number of rotatable bonds is 1. The van der Waals surface area contributed by atoms with Crippen LogP contribution in [-0.2, 0) is 0 Å². The third-order valence-electron chi connectivity index (χ3n) is 2.89.